The maximum absolute atomic E-state index is 13.5. The number of benzene rings is 1. The van der Waals surface area contributed by atoms with E-state index in [1.165, 1.54) is 0 Å². The number of carbonyl (C=O) groups excluding carboxylic acids is 1. The van der Waals surface area contributed by atoms with Gasteiger partial charge in [0.15, 0.2) is 0 Å². The van der Waals surface area contributed by atoms with Crippen LogP contribution in [0.2, 0.25) is 0 Å². The third-order valence-electron chi connectivity index (χ3n) is 7.82. The molecule has 12 heteroatoms. The highest BCUT2D eigenvalue weighted by Gasteiger charge is 2.38. The van der Waals surface area contributed by atoms with Crippen molar-refractivity contribution in [1.82, 2.24) is 25.7 Å². The Morgan fingerprint density at radius 2 is 1.82 bits per heavy atom. The summed E-state index contributed by atoms with van der Waals surface area (Å²) >= 11 is 1.62. The summed E-state index contributed by atoms with van der Waals surface area (Å²) in [6, 6.07) is 9.56. The van der Waals surface area contributed by atoms with E-state index >= 15 is 0 Å². The molecule has 242 valence electrons. The molecule has 44 heavy (non-hydrogen) atoms. The number of nitrogens with zero attached hydrogens (tertiary/aromatic N) is 3. The SMILES string of the molecule is CNCCOCCOCCOCCC(CN1C[C@H](O)C[C@H]1C(=O)N[C@@H](C)c1ccc(-c2scnc2C)cc1)c1cc(C)no1. The molecule has 0 radical (unpaired) electrons. The Labute approximate surface area is 264 Å². The summed E-state index contributed by atoms with van der Waals surface area (Å²) in [5.74, 6) is 0.622. The number of ether oxygens (including phenoxy) is 3. The number of aliphatic hydroxyl groups excluding tert-OH is 1. The van der Waals surface area contributed by atoms with Crippen molar-refractivity contribution in [3.63, 3.8) is 0 Å². The van der Waals surface area contributed by atoms with Gasteiger partial charge < -0.3 is 34.5 Å². The molecule has 1 saturated heterocycles. The zero-order valence-corrected chi connectivity index (χ0v) is 27.1. The highest BCUT2D eigenvalue weighted by molar-refractivity contribution is 7.13. The van der Waals surface area contributed by atoms with Crippen LogP contribution in [0.25, 0.3) is 10.4 Å². The highest BCUT2D eigenvalue weighted by Crippen LogP contribution is 2.30. The van der Waals surface area contributed by atoms with Gasteiger partial charge in [0.25, 0.3) is 0 Å². The Hall–Kier alpha value is -2.71. The van der Waals surface area contributed by atoms with Gasteiger partial charge in [0.1, 0.15) is 5.76 Å². The van der Waals surface area contributed by atoms with E-state index in [2.05, 4.69) is 37.8 Å². The van der Waals surface area contributed by atoms with Gasteiger partial charge in [0, 0.05) is 38.2 Å². The number of hydrogen-bond acceptors (Lipinski definition) is 11. The minimum absolute atomic E-state index is 0.0431. The number of amides is 1. The number of rotatable bonds is 19. The first kappa shape index (κ1) is 34.2. The number of β-amino-alcohol motifs (C(OH)–C–C–N with tert-alkyl or cyclic N) is 1. The maximum Gasteiger partial charge on any atom is 0.237 e. The molecule has 1 fully saturated rings. The quantitative estimate of drug-likeness (QED) is 0.170. The van der Waals surface area contributed by atoms with Crippen LogP contribution in [0.1, 0.15) is 54.4 Å². The fraction of sp³-hybridized carbons (Fsp3) is 0.594. The molecule has 0 bridgehead atoms. The average molecular weight is 630 g/mol. The number of carbonyl (C=O) groups is 1. The monoisotopic (exact) mass is 629 g/mol. The third kappa shape index (κ3) is 10.2. The number of thiazole rings is 1. The lowest BCUT2D eigenvalue weighted by atomic mass is 10.0. The number of aliphatic hydroxyl groups is 1. The third-order valence-corrected chi connectivity index (χ3v) is 8.79. The molecule has 11 nitrogen and oxygen atoms in total. The van der Waals surface area contributed by atoms with E-state index in [1.54, 1.807) is 11.3 Å². The number of aromatic nitrogens is 2. The van der Waals surface area contributed by atoms with Gasteiger partial charge in [-0.25, -0.2) is 4.98 Å². The Balaban J connectivity index is 1.28. The van der Waals surface area contributed by atoms with Crippen molar-refractivity contribution in [3.05, 3.63) is 58.6 Å². The molecule has 0 aliphatic carbocycles. The van der Waals surface area contributed by atoms with Crippen LogP contribution in [0.5, 0.6) is 0 Å². The second-order valence-electron chi connectivity index (χ2n) is 11.3. The van der Waals surface area contributed by atoms with Gasteiger partial charge in [0.05, 0.1) is 73.0 Å². The number of nitrogens with one attached hydrogen (secondary N) is 2. The number of hydrogen-bond donors (Lipinski definition) is 3. The summed E-state index contributed by atoms with van der Waals surface area (Å²) in [4.78, 5) is 21.1. The topological polar surface area (TPSA) is 131 Å². The molecule has 0 spiro atoms. The van der Waals surface area contributed by atoms with Crippen LogP contribution >= 0.6 is 11.3 Å². The van der Waals surface area contributed by atoms with Crippen molar-refractivity contribution in [2.75, 3.05) is 66.3 Å². The van der Waals surface area contributed by atoms with Gasteiger partial charge in [-0.2, -0.15) is 0 Å². The first-order valence-electron chi connectivity index (χ1n) is 15.4. The summed E-state index contributed by atoms with van der Waals surface area (Å²) in [5.41, 5.74) is 5.81. The average Bonchev–Trinajstić information content (AvgIpc) is 3.74. The van der Waals surface area contributed by atoms with Crippen LogP contribution in [0, 0.1) is 13.8 Å². The molecule has 1 aromatic carbocycles. The van der Waals surface area contributed by atoms with Crippen molar-refractivity contribution >= 4 is 17.2 Å². The molecule has 2 aromatic heterocycles. The molecule has 1 amide bonds. The summed E-state index contributed by atoms with van der Waals surface area (Å²) in [6.45, 7) is 10.9. The summed E-state index contributed by atoms with van der Waals surface area (Å²) in [5, 5.41) is 20.9. The molecule has 4 rings (SSSR count). The van der Waals surface area contributed by atoms with Crippen molar-refractivity contribution in [2.24, 2.45) is 0 Å². The van der Waals surface area contributed by atoms with Gasteiger partial charge in [0.2, 0.25) is 5.91 Å². The van der Waals surface area contributed by atoms with Gasteiger partial charge >= 0.3 is 0 Å². The summed E-state index contributed by atoms with van der Waals surface area (Å²) in [7, 11) is 1.89. The molecule has 3 heterocycles. The minimum atomic E-state index is -0.573. The summed E-state index contributed by atoms with van der Waals surface area (Å²) < 4.78 is 22.5. The molecular weight excluding hydrogens is 582 g/mol. The number of likely N-dealkylation sites (tertiary alicyclic amines) is 1. The standard InChI is InChI=1S/C32H47N5O6S/c1-22-17-30(43-36-22)27(9-11-40-13-15-42-16-14-41-12-10-33-4)19-37-20-28(38)18-29(37)32(39)35-23(2)25-5-7-26(8-6-25)31-24(3)34-21-44-31/h5-8,17,21,23,27-29,33,38H,9-16,18-20H2,1-4H3,(H,35,39)/t23-,27?,28+,29-/m0/s1. The fourth-order valence-corrected chi connectivity index (χ4v) is 6.18. The first-order chi connectivity index (χ1) is 21.4. The van der Waals surface area contributed by atoms with Gasteiger partial charge in [-0.3, -0.25) is 9.69 Å². The Morgan fingerprint density at radius 1 is 1.11 bits per heavy atom. The van der Waals surface area contributed by atoms with Crippen LogP contribution < -0.4 is 10.6 Å². The van der Waals surface area contributed by atoms with E-state index < -0.39 is 12.1 Å². The minimum Gasteiger partial charge on any atom is -0.392 e. The van der Waals surface area contributed by atoms with E-state index in [0.717, 1.165) is 39.7 Å². The maximum atomic E-state index is 13.5. The van der Waals surface area contributed by atoms with E-state index in [1.807, 2.05) is 51.5 Å². The van der Waals surface area contributed by atoms with Crippen molar-refractivity contribution < 1.29 is 28.6 Å². The molecule has 1 unspecified atom stereocenters. The Morgan fingerprint density at radius 3 is 2.45 bits per heavy atom. The van der Waals surface area contributed by atoms with Crippen LogP contribution in [-0.4, -0.2) is 105 Å². The first-order valence-corrected chi connectivity index (χ1v) is 16.3. The normalized spacial score (nSPS) is 18.5. The Bertz CT molecular complexity index is 1270. The zero-order valence-electron chi connectivity index (χ0n) is 26.3. The second-order valence-corrected chi connectivity index (χ2v) is 12.1. The van der Waals surface area contributed by atoms with E-state index in [9.17, 15) is 9.90 Å². The van der Waals surface area contributed by atoms with Crippen molar-refractivity contribution in [2.45, 2.75) is 57.7 Å². The fourth-order valence-electron chi connectivity index (χ4n) is 5.37. The molecule has 3 N–H and O–H groups in total. The molecule has 0 saturated carbocycles. The van der Waals surface area contributed by atoms with Crippen LogP contribution in [0.4, 0.5) is 0 Å². The number of likely N-dealkylation sites (N-methyl/N-ethyl adjacent to an activating group) is 1. The van der Waals surface area contributed by atoms with Crippen LogP contribution in [-0.2, 0) is 19.0 Å². The highest BCUT2D eigenvalue weighted by atomic mass is 32.1. The van der Waals surface area contributed by atoms with Crippen LogP contribution in [0.3, 0.4) is 0 Å². The van der Waals surface area contributed by atoms with Crippen molar-refractivity contribution in [1.29, 1.82) is 0 Å². The van der Waals surface area contributed by atoms with Gasteiger partial charge in [-0.05, 0) is 51.8 Å². The van der Waals surface area contributed by atoms with Gasteiger partial charge in [-0.1, -0.05) is 29.4 Å². The lowest BCUT2D eigenvalue weighted by Gasteiger charge is -2.28. The van der Waals surface area contributed by atoms with Gasteiger partial charge in [-0.15, -0.1) is 11.3 Å². The summed E-state index contributed by atoms with van der Waals surface area (Å²) in [6.07, 6.45) is 0.498. The molecular formula is C32H47N5O6S. The predicted octanol–water partition coefficient (Wildman–Crippen LogP) is 3.47. The molecule has 1 aliphatic rings. The van der Waals surface area contributed by atoms with E-state index in [-0.39, 0.29) is 17.9 Å². The zero-order chi connectivity index (χ0) is 31.3. The lowest BCUT2D eigenvalue weighted by molar-refractivity contribution is -0.126. The molecule has 1 aliphatic heterocycles. The molecule has 4 atom stereocenters. The van der Waals surface area contributed by atoms with Crippen molar-refractivity contribution in [3.8, 4) is 10.4 Å². The second kappa shape index (κ2) is 17.7. The number of aryl methyl sites for hydroxylation is 2. The lowest BCUT2D eigenvalue weighted by Crippen LogP contribution is -2.45. The Kier molecular flexibility index (Phi) is 13.7. The largest absolute Gasteiger partial charge is 0.392 e. The predicted molar refractivity (Wildman–Crippen MR) is 170 cm³/mol. The molecule has 3 aromatic rings. The van der Waals surface area contributed by atoms with E-state index in [4.69, 9.17) is 18.7 Å². The smallest absolute Gasteiger partial charge is 0.237 e. The van der Waals surface area contributed by atoms with Crippen LogP contribution in [0.15, 0.2) is 40.4 Å². The van der Waals surface area contributed by atoms with E-state index in [0.29, 0.717) is 65.6 Å².